The van der Waals surface area contributed by atoms with Crippen molar-refractivity contribution in [3.63, 3.8) is 0 Å². The van der Waals surface area contributed by atoms with Gasteiger partial charge < -0.3 is 15.0 Å². The molecule has 0 bridgehead atoms. The fourth-order valence-corrected chi connectivity index (χ4v) is 3.83. The lowest BCUT2D eigenvalue weighted by Gasteiger charge is -2.36. The minimum atomic E-state index is -0.318. The summed E-state index contributed by atoms with van der Waals surface area (Å²) < 4.78 is 6.26. The highest BCUT2D eigenvalue weighted by Gasteiger charge is 2.27. The van der Waals surface area contributed by atoms with Crippen LogP contribution in [-0.2, 0) is 11.8 Å². The van der Waals surface area contributed by atoms with Gasteiger partial charge in [0, 0.05) is 26.2 Å². The Morgan fingerprint density at radius 2 is 2.00 bits per heavy atom. The van der Waals surface area contributed by atoms with E-state index < -0.39 is 0 Å². The van der Waals surface area contributed by atoms with Crippen LogP contribution in [0.15, 0.2) is 35.3 Å². The van der Waals surface area contributed by atoms with Crippen molar-refractivity contribution in [2.45, 2.75) is 25.3 Å². The zero-order chi connectivity index (χ0) is 20.3. The number of piperidine rings is 1. The Hall–Kier alpha value is -2.38. The maximum atomic E-state index is 12.0. The van der Waals surface area contributed by atoms with Gasteiger partial charge in [0.05, 0.1) is 24.1 Å². The number of anilines is 1. The third-order valence-corrected chi connectivity index (χ3v) is 5.33. The van der Waals surface area contributed by atoms with E-state index in [1.807, 2.05) is 24.3 Å². The highest BCUT2D eigenvalue weighted by atomic mass is 35.5. The van der Waals surface area contributed by atoms with Crippen molar-refractivity contribution in [1.82, 2.24) is 14.7 Å². The summed E-state index contributed by atoms with van der Waals surface area (Å²) in [5.74, 6) is -0.00655. The van der Waals surface area contributed by atoms with Crippen LogP contribution in [-0.4, -0.2) is 53.4 Å². The smallest absolute Gasteiger partial charge is 0.338 e. The monoisotopic (exact) mass is 404 g/mol. The molecule has 0 radical (unpaired) electrons. The minimum absolute atomic E-state index is 0.125. The van der Waals surface area contributed by atoms with Gasteiger partial charge in [0.2, 0.25) is 0 Å². The molecular formula is C20H25ClN4O3. The highest BCUT2D eigenvalue weighted by Crippen LogP contribution is 2.29. The van der Waals surface area contributed by atoms with Crippen molar-refractivity contribution in [3.05, 3.63) is 57.0 Å². The molecule has 1 saturated heterocycles. The van der Waals surface area contributed by atoms with Crippen LogP contribution in [0.5, 0.6) is 0 Å². The van der Waals surface area contributed by atoms with Crippen molar-refractivity contribution in [3.8, 4) is 0 Å². The molecule has 0 saturated carbocycles. The highest BCUT2D eigenvalue weighted by molar-refractivity contribution is 6.32. The van der Waals surface area contributed by atoms with E-state index in [9.17, 15) is 9.59 Å². The summed E-state index contributed by atoms with van der Waals surface area (Å²) in [6, 6.07) is 7.72. The van der Waals surface area contributed by atoms with Crippen LogP contribution in [0.1, 0.15) is 35.2 Å². The molecule has 28 heavy (non-hydrogen) atoms. The van der Waals surface area contributed by atoms with Gasteiger partial charge in [0.1, 0.15) is 5.02 Å². The predicted molar refractivity (Wildman–Crippen MR) is 109 cm³/mol. The van der Waals surface area contributed by atoms with Gasteiger partial charge in [-0.3, -0.25) is 4.79 Å². The lowest BCUT2D eigenvalue weighted by molar-refractivity contribution is 0.0526. The number of esters is 1. The Morgan fingerprint density at radius 3 is 2.68 bits per heavy atom. The lowest BCUT2D eigenvalue weighted by Crippen LogP contribution is -2.43. The summed E-state index contributed by atoms with van der Waals surface area (Å²) in [5, 5.41) is 7.57. The number of nitrogens with zero attached hydrogens (tertiary/aromatic N) is 3. The van der Waals surface area contributed by atoms with E-state index in [4.69, 9.17) is 16.3 Å². The fourth-order valence-electron chi connectivity index (χ4n) is 3.60. The van der Waals surface area contributed by atoms with Crippen LogP contribution in [0.4, 0.5) is 5.69 Å². The quantitative estimate of drug-likeness (QED) is 0.771. The van der Waals surface area contributed by atoms with E-state index in [2.05, 4.69) is 22.4 Å². The zero-order valence-electron chi connectivity index (χ0n) is 16.3. The van der Waals surface area contributed by atoms with Crippen molar-refractivity contribution in [2.75, 3.05) is 32.1 Å². The molecule has 1 N–H and O–H groups in total. The Morgan fingerprint density at radius 1 is 1.29 bits per heavy atom. The molecule has 2 heterocycles. The molecule has 0 unspecified atom stereocenters. The number of halogens is 1. The maximum absolute atomic E-state index is 12.0. The van der Waals surface area contributed by atoms with Crippen LogP contribution in [0.2, 0.25) is 5.02 Å². The summed E-state index contributed by atoms with van der Waals surface area (Å²) in [7, 11) is 3.64. The van der Waals surface area contributed by atoms with Gasteiger partial charge in [-0.05, 0) is 44.0 Å². The number of nitrogens with one attached hydrogen (secondary N) is 1. The molecule has 2 aromatic rings. The number of hydrogen-bond acceptors (Lipinski definition) is 6. The molecule has 2 atom stereocenters. The maximum Gasteiger partial charge on any atom is 0.338 e. The van der Waals surface area contributed by atoms with Crippen molar-refractivity contribution in [2.24, 2.45) is 7.05 Å². The fraction of sp³-hybridized carbons (Fsp3) is 0.450. The van der Waals surface area contributed by atoms with E-state index >= 15 is 0 Å². The van der Waals surface area contributed by atoms with Gasteiger partial charge in [-0.25, -0.2) is 9.48 Å². The van der Waals surface area contributed by atoms with Gasteiger partial charge in [-0.15, -0.1) is 0 Å². The number of hydrogen-bond donors (Lipinski definition) is 1. The largest absolute Gasteiger partial charge is 0.462 e. The summed E-state index contributed by atoms with van der Waals surface area (Å²) in [6.07, 6.45) is 2.47. The molecule has 7 nitrogen and oxygen atoms in total. The number of likely N-dealkylation sites (tertiary alicyclic amines) is 1. The number of benzene rings is 1. The van der Waals surface area contributed by atoms with E-state index in [0.29, 0.717) is 23.8 Å². The van der Waals surface area contributed by atoms with Crippen molar-refractivity contribution in [1.29, 1.82) is 0 Å². The van der Waals surface area contributed by atoms with Crippen LogP contribution >= 0.6 is 11.6 Å². The molecule has 0 aliphatic carbocycles. The Balaban J connectivity index is 1.73. The van der Waals surface area contributed by atoms with E-state index in [1.165, 1.54) is 10.2 Å². The molecule has 0 spiro atoms. The standard InChI is InChI=1S/C20H25ClN4O3/c1-4-28-20(27)14-7-5-13(6-8-14)15-9-16(12-24(2)11-15)23-17-10-22-25(3)19(26)18(17)21/h5-8,10,15-16,23H,4,9,11-12H2,1-3H3/t15-,16+/m0/s1. The third-order valence-electron chi connectivity index (χ3n) is 4.96. The van der Waals surface area contributed by atoms with Crippen LogP contribution in [0, 0.1) is 0 Å². The number of carbonyl (C=O) groups is 1. The van der Waals surface area contributed by atoms with Gasteiger partial charge in [-0.2, -0.15) is 5.10 Å². The van der Waals surface area contributed by atoms with Gasteiger partial charge in [-0.1, -0.05) is 23.7 Å². The second kappa shape index (κ2) is 8.75. The van der Waals surface area contributed by atoms with Crippen LogP contribution in [0.25, 0.3) is 0 Å². The first-order valence-electron chi connectivity index (χ1n) is 9.33. The van der Waals surface area contributed by atoms with E-state index in [1.54, 1.807) is 20.2 Å². The van der Waals surface area contributed by atoms with Gasteiger partial charge in [0.25, 0.3) is 5.56 Å². The zero-order valence-corrected chi connectivity index (χ0v) is 17.1. The van der Waals surface area contributed by atoms with Crippen LogP contribution in [0.3, 0.4) is 0 Å². The second-order valence-corrected chi connectivity index (χ2v) is 7.52. The molecule has 3 rings (SSSR count). The molecule has 150 valence electrons. The van der Waals surface area contributed by atoms with E-state index in [-0.39, 0.29) is 22.6 Å². The third kappa shape index (κ3) is 4.54. The number of rotatable bonds is 5. The number of ether oxygens (including phenoxy) is 1. The molecule has 1 aliphatic rings. The average molecular weight is 405 g/mol. The number of aromatic nitrogens is 2. The van der Waals surface area contributed by atoms with Crippen LogP contribution < -0.4 is 10.9 Å². The number of likely N-dealkylation sites (N-methyl/N-ethyl adjacent to an activating group) is 1. The molecular weight excluding hydrogens is 380 g/mol. The molecule has 1 aromatic heterocycles. The lowest BCUT2D eigenvalue weighted by atomic mass is 9.88. The van der Waals surface area contributed by atoms with Crippen molar-refractivity contribution >= 4 is 23.3 Å². The van der Waals surface area contributed by atoms with Crippen molar-refractivity contribution < 1.29 is 9.53 Å². The summed E-state index contributed by atoms with van der Waals surface area (Å²) in [4.78, 5) is 26.1. The minimum Gasteiger partial charge on any atom is -0.462 e. The SMILES string of the molecule is CCOC(=O)c1ccc([C@H]2C[C@@H](Nc3cnn(C)c(=O)c3Cl)CN(C)C2)cc1. The first kappa shape index (κ1) is 20.4. The molecule has 8 heteroatoms. The number of carbonyl (C=O) groups excluding carboxylic acids is 1. The molecule has 1 fully saturated rings. The average Bonchev–Trinajstić information content (AvgIpc) is 2.68. The summed E-state index contributed by atoms with van der Waals surface area (Å²) in [6.45, 7) is 3.91. The second-order valence-electron chi connectivity index (χ2n) is 7.14. The predicted octanol–water partition coefficient (Wildman–Crippen LogP) is 2.51. The Labute approximate surface area is 169 Å². The molecule has 1 aromatic carbocycles. The molecule has 0 amide bonds. The first-order valence-corrected chi connectivity index (χ1v) is 9.70. The molecule has 1 aliphatic heterocycles. The van der Waals surface area contributed by atoms with Gasteiger partial charge in [0.15, 0.2) is 0 Å². The van der Waals surface area contributed by atoms with E-state index in [0.717, 1.165) is 19.5 Å². The number of aryl methyl sites for hydroxylation is 1. The normalized spacial score (nSPS) is 20.0. The topological polar surface area (TPSA) is 76.5 Å². The Bertz CT molecular complexity index is 897. The first-order chi connectivity index (χ1) is 13.4. The summed E-state index contributed by atoms with van der Waals surface area (Å²) >= 11 is 6.19. The van der Waals surface area contributed by atoms with Gasteiger partial charge >= 0.3 is 5.97 Å². The Kier molecular flexibility index (Phi) is 6.36. The summed E-state index contributed by atoms with van der Waals surface area (Å²) in [5.41, 5.74) is 1.96.